The van der Waals surface area contributed by atoms with Crippen LogP contribution in [0.3, 0.4) is 0 Å². The van der Waals surface area contributed by atoms with E-state index in [9.17, 15) is 23.2 Å². The monoisotopic (exact) mass is 467 g/mol. The average Bonchev–Trinajstić information content (AvgIpc) is 3.55. The number of hydrogen-bond acceptors (Lipinski definition) is 5. The fraction of sp³-hybridized carbons (Fsp3) is 0.440. The quantitative estimate of drug-likeness (QED) is 0.508. The summed E-state index contributed by atoms with van der Waals surface area (Å²) in [7, 11) is 0. The second-order valence-electron chi connectivity index (χ2n) is 9.28. The summed E-state index contributed by atoms with van der Waals surface area (Å²) in [4.78, 5) is 22.5. The van der Waals surface area contributed by atoms with E-state index >= 15 is 0 Å². The van der Waals surface area contributed by atoms with Gasteiger partial charge in [0.1, 0.15) is 23.0 Å². The van der Waals surface area contributed by atoms with Crippen LogP contribution in [0.1, 0.15) is 80.2 Å². The summed E-state index contributed by atoms with van der Waals surface area (Å²) in [5.74, 6) is -0.304. The third kappa shape index (κ3) is 3.52. The molecule has 2 saturated carbocycles. The van der Waals surface area contributed by atoms with Crippen LogP contribution >= 0.6 is 0 Å². The molecule has 3 aromatic rings. The van der Waals surface area contributed by atoms with Gasteiger partial charge >= 0.3 is 0 Å². The molecule has 2 heterocycles. The van der Waals surface area contributed by atoms with E-state index in [1.807, 2.05) is 6.07 Å². The van der Waals surface area contributed by atoms with E-state index in [0.29, 0.717) is 35.6 Å². The largest absolute Gasteiger partial charge is 0.363 e. The first-order valence-electron chi connectivity index (χ1n) is 11.4. The Hall–Kier alpha value is -3.41. The zero-order valence-electron chi connectivity index (χ0n) is 18.9. The van der Waals surface area contributed by atoms with Gasteiger partial charge in [-0.15, -0.1) is 0 Å². The van der Waals surface area contributed by atoms with Crippen molar-refractivity contribution in [1.29, 1.82) is 5.26 Å². The van der Waals surface area contributed by atoms with E-state index in [4.69, 9.17) is 0 Å². The highest BCUT2D eigenvalue weighted by molar-refractivity contribution is 5.89. The smallest absolute Gasteiger partial charge is 0.277 e. The van der Waals surface area contributed by atoms with E-state index in [2.05, 4.69) is 21.4 Å². The number of aromatic nitrogens is 3. The molecule has 0 saturated heterocycles. The van der Waals surface area contributed by atoms with Crippen molar-refractivity contribution in [1.82, 2.24) is 14.5 Å². The molecular weight excluding hydrogens is 443 g/mol. The molecule has 9 heteroatoms. The summed E-state index contributed by atoms with van der Waals surface area (Å²) >= 11 is 0. The lowest BCUT2D eigenvalue weighted by Gasteiger charge is -2.31. The summed E-state index contributed by atoms with van der Waals surface area (Å²) < 4.78 is 42.9. The van der Waals surface area contributed by atoms with E-state index in [1.165, 1.54) is 12.1 Å². The lowest BCUT2D eigenvalue weighted by atomic mass is 9.90. The topological polar surface area (TPSA) is 83.6 Å². The molecule has 2 aliphatic carbocycles. The van der Waals surface area contributed by atoms with Gasteiger partial charge in [-0.05, 0) is 52.0 Å². The van der Waals surface area contributed by atoms with Crippen molar-refractivity contribution in [3.8, 4) is 6.07 Å². The van der Waals surface area contributed by atoms with Crippen LogP contribution in [0.2, 0.25) is 0 Å². The summed E-state index contributed by atoms with van der Waals surface area (Å²) in [6.07, 6.45) is 1.22. The third-order valence-corrected chi connectivity index (χ3v) is 7.03. The van der Waals surface area contributed by atoms with Crippen LogP contribution in [-0.4, -0.2) is 14.5 Å². The third-order valence-electron chi connectivity index (χ3n) is 7.03. The number of pyridine rings is 1. The van der Waals surface area contributed by atoms with Crippen molar-refractivity contribution >= 4 is 16.7 Å². The summed E-state index contributed by atoms with van der Waals surface area (Å²) in [5.41, 5.74) is -0.648. The van der Waals surface area contributed by atoms with Crippen molar-refractivity contribution in [3.05, 3.63) is 63.1 Å². The van der Waals surface area contributed by atoms with Crippen LogP contribution in [0, 0.1) is 24.1 Å². The normalized spacial score (nSPS) is 17.9. The predicted molar refractivity (Wildman–Crippen MR) is 121 cm³/mol. The molecule has 0 aliphatic heterocycles. The minimum absolute atomic E-state index is 0.0505. The van der Waals surface area contributed by atoms with Gasteiger partial charge in [0.2, 0.25) is 0 Å². The second-order valence-corrected chi connectivity index (χ2v) is 9.28. The lowest BCUT2D eigenvalue weighted by molar-refractivity contribution is 0.146. The Morgan fingerprint density at radius 2 is 1.94 bits per heavy atom. The summed E-state index contributed by atoms with van der Waals surface area (Å²) in [5, 5.41) is 13.4. The average molecular weight is 467 g/mol. The Balaban J connectivity index is 1.65. The van der Waals surface area contributed by atoms with Crippen molar-refractivity contribution < 1.29 is 13.2 Å². The van der Waals surface area contributed by atoms with Gasteiger partial charge in [0.25, 0.3) is 12.0 Å². The molecule has 34 heavy (non-hydrogen) atoms. The Labute approximate surface area is 194 Å². The predicted octanol–water partition coefficient (Wildman–Crippen LogP) is 5.63. The molecule has 1 N–H and O–H groups in total. The fourth-order valence-corrected chi connectivity index (χ4v) is 4.70. The maximum atomic E-state index is 14.8. The Morgan fingerprint density at radius 1 is 1.24 bits per heavy atom. The molecule has 1 aromatic carbocycles. The Morgan fingerprint density at radius 3 is 2.53 bits per heavy atom. The number of halogens is 3. The van der Waals surface area contributed by atoms with Crippen LogP contribution < -0.4 is 10.9 Å². The SMILES string of the molecule is Cc1nc(N[C@H](C)c2cccc(C(F)F)c2F)c2cc(C3(C#N)CC3)n(C3CCC3)c(=O)c2n1. The molecule has 0 spiro atoms. The first-order valence-corrected chi connectivity index (χ1v) is 11.4. The number of hydrogen-bond donors (Lipinski definition) is 1. The first-order chi connectivity index (χ1) is 16.3. The van der Waals surface area contributed by atoms with Crippen molar-refractivity contribution in [3.63, 3.8) is 0 Å². The molecule has 0 amide bonds. The van der Waals surface area contributed by atoms with Crippen molar-refractivity contribution in [2.75, 3.05) is 5.32 Å². The minimum atomic E-state index is -2.93. The highest BCUT2D eigenvalue weighted by atomic mass is 19.3. The number of nitrogens with zero attached hydrogens (tertiary/aromatic N) is 4. The van der Waals surface area contributed by atoms with Crippen LogP contribution in [0.4, 0.5) is 19.0 Å². The van der Waals surface area contributed by atoms with Gasteiger partial charge in [0, 0.05) is 17.3 Å². The van der Waals surface area contributed by atoms with Gasteiger partial charge in [-0.1, -0.05) is 18.2 Å². The number of rotatable bonds is 6. The van der Waals surface area contributed by atoms with Gasteiger partial charge in [0.15, 0.2) is 0 Å². The van der Waals surface area contributed by atoms with Gasteiger partial charge in [0.05, 0.1) is 28.5 Å². The zero-order valence-corrected chi connectivity index (χ0v) is 18.9. The number of benzene rings is 1. The van der Waals surface area contributed by atoms with Crippen LogP contribution in [-0.2, 0) is 5.41 Å². The molecule has 176 valence electrons. The van der Waals surface area contributed by atoms with Gasteiger partial charge in [-0.2, -0.15) is 5.26 Å². The van der Waals surface area contributed by atoms with Gasteiger partial charge in [-0.3, -0.25) is 4.79 Å². The number of nitrogens with one attached hydrogen (secondary N) is 1. The maximum Gasteiger partial charge on any atom is 0.277 e. The van der Waals surface area contributed by atoms with Crippen LogP contribution in [0.15, 0.2) is 29.1 Å². The van der Waals surface area contributed by atoms with Gasteiger partial charge in [-0.25, -0.2) is 23.1 Å². The molecule has 2 fully saturated rings. The molecule has 1 atom stereocenters. The molecule has 5 rings (SSSR count). The zero-order chi connectivity index (χ0) is 24.2. The van der Waals surface area contributed by atoms with E-state index in [-0.39, 0.29) is 22.7 Å². The molecule has 0 unspecified atom stereocenters. The standard InChI is InChI=1S/C25H24F3N5O/c1-13(16-7-4-8-17(20(16)26)22(27)28)30-23-18-11-19(25(12-29)9-10-25)33(15-5-3-6-15)24(34)21(18)31-14(2)32-23/h4,7-8,11,13,15,22H,3,5-6,9-10H2,1-2H3,(H,30,31,32)/t13-/m1/s1. The first kappa shape index (κ1) is 22.4. The number of nitriles is 1. The molecule has 2 aliphatic rings. The van der Waals surface area contributed by atoms with E-state index in [0.717, 1.165) is 25.3 Å². The highest BCUT2D eigenvalue weighted by Gasteiger charge is 2.48. The number of anilines is 1. The molecule has 0 bridgehead atoms. The molecule has 0 radical (unpaired) electrons. The van der Waals surface area contributed by atoms with Crippen molar-refractivity contribution in [2.24, 2.45) is 0 Å². The van der Waals surface area contributed by atoms with E-state index < -0.39 is 29.3 Å². The second kappa shape index (κ2) is 8.12. The Kier molecular flexibility index (Phi) is 5.34. The molecule has 6 nitrogen and oxygen atoms in total. The Bertz CT molecular complexity index is 1390. The maximum absolute atomic E-state index is 14.8. The lowest BCUT2D eigenvalue weighted by Crippen LogP contribution is -2.34. The summed E-state index contributed by atoms with van der Waals surface area (Å²) in [6, 6.07) is 7.43. The molecular formula is C25H24F3N5O. The molecule has 2 aromatic heterocycles. The number of fused-ring (bicyclic) bond motifs is 1. The van der Waals surface area contributed by atoms with Crippen LogP contribution in [0.5, 0.6) is 0 Å². The van der Waals surface area contributed by atoms with Gasteiger partial charge < -0.3 is 9.88 Å². The number of alkyl halides is 2. The number of aryl methyl sites for hydroxylation is 1. The van der Waals surface area contributed by atoms with Crippen molar-refractivity contribution in [2.45, 2.75) is 69.9 Å². The van der Waals surface area contributed by atoms with E-state index in [1.54, 1.807) is 18.4 Å². The highest BCUT2D eigenvalue weighted by Crippen LogP contribution is 2.49. The fourth-order valence-electron chi connectivity index (χ4n) is 4.70. The minimum Gasteiger partial charge on any atom is -0.363 e. The van der Waals surface area contributed by atoms with Crippen LogP contribution in [0.25, 0.3) is 10.9 Å². The summed E-state index contributed by atoms with van der Waals surface area (Å²) in [6.45, 7) is 3.30.